The van der Waals surface area contributed by atoms with Gasteiger partial charge in [-0.05, 0) is 58.3 Å². The van der Waals surface area contributed by atoms with Crippen LogP contribution >= 0.6 is 0 Å². The van der Waals surface area contributed by atoms with Crippen molar-refractivity contribution in [3.05, 3.63) is 108 Å². The molecule has 2 nitrogen and oxygen atoms in total. The predicted octanol–water partition coefficient (Wildman–Crippen LogP) is 8.50. The van der Waals surface area contributed by atoms with E-state index in [1.165, 1.54) is 0 Å². The van der Waals surface area contributed by atoms with Crippen LogP contribution in [0.3, 0.4) is 0 Å². The average Bonchev–Trinajstić information content (AvgIpc) is 3.00. The summed E-state index contributed by atoms with van der Waals surface area (Å²) in [7, 11) is 0. The molecule has 0 aliphatic heterocycles. The van der Waals surface area contributed by atoms with E-state index in [2.05, 4.69) is 120 Å². The van der Waals surface area contributed by atoms with Gasteiger partial charge in [0, 0.05) is 10.8 Å². The van der Waals surface area contributed by atoms with Crippen LogP contribution in [0.15, 0.2) is 97.1 Å². The lowest BCUT2D eigenvalue weighted by atomic mass is 9.95. The van der Waals surface area contributed by atoms with Crippen molar-refractivity contribution in [2.45, 2.75) is 13.8 Å². The first-order chi connectivity index (χ1) is 19.8. The Hall–Kier alpha value is -5.36. The standard InChI is InChI=1S/C38H26O2/c1-3-5-25-39-35-23-19-29-17-15-27-11-7-9-13-31(27)37(29)33(35)21-22-34-36(40-26-6-4-2)24-20-30-18-16-28-12-8-10-14-32(28)38(30)34/h7-20,23-24H,25-26H2,1-2H3. The van der Waals surface area contributed by atoms with Crippen LogP contribution in [0.5, 0.6) is 11.5 Å². The minimum atomic E-state index is 0.296. The smallest absolute Gasteiger partial charge is 0.149 e. The average molecular weight is 515 g/mol. The normalized spacial score (nSPS) is 10.3. The zero-order chi connectivity index (χ0) is 27.3. The summed E-state index contributed by atoms with van der Waals surface area (Å²) < 4.78 is 12.3. The summed E-state index contributed by atoms with van der Waals surface area (Å²) in [6, 6.07) is 33.5. The number of hydrogen-bond donors (Lipinski definition) is 0. The quantitative estimate of drug-likeness (QED) is 0.173. The molecule has 190 valence electrons. The summed E-state index contributed by atoms with van der Waals surface area (Å²) in [5.41, 5.74) is 1.67. The number of fused-ring (bicyclic) bond motifs is 6. The highest BCUT2D eigenvalue weighted by Crippen LogP contribution is 2.36. The molecule has 0 heterocycles. The van der Waals surface area contributed by atoms with Crippen LogP contribution in [0.1, 0.15) is 25.0 Å². The minimum Gasteiger partial charge on any atom is -0.480 e. The molecule has 0 saturated heterocycles. The third kappa shape index (κ3) is 4.67. The van der Waals surface area contributed by atoms with Gasteiger partial charge in [0.15, 0.2) is 0 Å². The summed E-state index contributed by atoms with van der Waals surface area (Å²) in [6.07, 6.45) is 0. The van der Waals surface area contributed by atoms with Gasteiger partial charge >= 0.3 is 0 Å². The molecule has 0 atom stereocenters. The molecule has 0 amide bonds. The van der Waals surface area contributed by atoms with E-state index >= 15 is 0 Å². The number of rotatable bonds is 4. The van der Waals surface area contributed by atoms with Gasteiger partial charge < -0.3 is 9.47 Å². The van der Waals surface area contributed by atoms with Gasteiger partial charge in [-0.1, -0.05) is 109 Å². The van der Waals surface area contributed by atoms with E-state index in [-0.39, 0.29) is 0 Å². The van der Waals surface area contributed by atoms with Crippen molar-refractivity contribution >= 4 is 43.1 Å². The lowest BCUT2D eigenvalue weighted by Gasteiger charge is -2.13. The molecule has 6 aromatic carbocycles. The van der Waals surface area contributed by atoms with Gasteiger partial charge in [-0.25, -0.2) is 0 Å². The molecule has 0 aromatic heterocycles. The molecule has 0 fully saturated rings. The molecule has 0 aliphatic rings. The van der Waals surface area contributed by atoms with Crippen LogP contribution in [0.2, 0.25) is 0 Å². The lowest BCUT2D eigenvalue weighted by molar-refractivity contribution is 0.369. The minimum absolute atomic E-state index is 0.296. The van der Waals surface area contributed by atoms with E-state index in [9.17, 15) is 0 Å². The van der Waals surface area contributed by atoms with Gasteiger partial charge in [-0.3, -0.25) is 0 Å². The van der Waals surface area contributed by atoms with Gasteiger partial charge in [-0.2, -0.15) is 0 Å². The molecule has 0 aliphatic carbocycles. The van der Waals surface area contributed by atoms with Crippen LogP contribution in [-0.2, 0) is 0 Å². The number of ether oxygens (including phenoxy) is 2. The first-order valence-corrected chi connectivity index (χ1v) is 13.2. The fourth-order valence-corrected chi connectivity index (χ4v) is 5.14. The van der Waals surface area contributed by atoms with Crippen LogP contribution in [0.4, 0.5) is 0 Å². The molecule has 6 rings (SSSR count). The van der Waals surface area contributed by atoms with Crippen molar-refractivity contribution in [2.24, 2.45) is 0 Å². The van der Waals surface area contributed by atoms with Crippen LogP contribution in [0, 0.1) is 35.5 Å². The zero-order valence-electron chi connectivity index (χ0n) is 22.5. The van der Waals surface area contributed by atoms with E-state index in [4.69, 9.17) is 9.47 Å². The van der Waals surface area contributed by atoms with Crippen LogP contribution < -0.4 is 9.47 Å². The summed E-state index contributed by atoms with van der Waals surface area (Å²) in [4.78, 5) is 0. The second kappa shape index (κ2) is 11.2. The maximum absolute atomic E-state index is 6.16. The third-order valence-corrected chi connectivity index (χ3v) is 7.01. The molecule has 6 aromatic rings. The fourth-order valence-electron chi connectivity index (χ4n) is 5.14. The Morgan fingerprint density at radius 1 is 0.475 bits per heavy atom. The largest absolute Gasteiger partial charge is 0.480 e. The van der Waals surface area contributed by atoms with Crippen LogP contribution in [0.25, 0.3) is 43.1 Å². The van der Waals surface area contributed by atoms with Crippen molar-refractivity contribution < 1.29 is 9.47 Å². The van der Waals surface area contributed by atoms with E-state index in [0.29, 0.717) is 24.7 Å². The maximum Gasteiger partial charge on any atom is 0.149 e. The van der Waals surface area contributed by atoms with Crippen molar-refractivity contribution in [1.29, 1.82) is 0 Å². The monoisotopic (exact) mass is 514 g/mol. The molecule has 2 heteroatoms. The first kappa shape index (κ1) is 24.9. The summed E-state index contributed by atoms with van der Waals surface area (Å²) in [6.45, 7) is 4.22. The third-order valence-electron chi connectivity index (χ3n) is 7.01. The Bertz CT molecular complexity index is 1950. The molecular formula is C38H26O2. The molecular weight excluding hydrogens is 488 g/mol. The highest BCUT2D eigenvalue weighted by atomic mass is 16.5. The summed E-state index contributed by atoms with van der Waals surface area (Å²) in [5, 5.41) is 8.92. The van der Waals surface area contributed by atoms with Gasteiger partial charge in [0.2, 0.25) is 0 Å². The highest BCUT2D eigenvalue weighted by molar-refractivity contribution is 6.12. The molecule has 0 N–H and O–H groups in total. The molecule has 40 heavy (non-hydrogen) atoms. The highest BCUT2D eigenvalue weighted by Gasteiger charge is 2.13. The fraction of sp³-hybridized carbons (Fsp3) is 0.105. The van der Waals surface area contributed by atoms with Gasteiger partial charge in [0.05, 0.1) is 11.1 Å². The number of hydrogen-bond acceptors (Lipinski definition) is 2. The maximum atomic E-state index is 6.16. The van der Waals surface area contributed by atoms with Crippen LogP contribution in [-0.4, -0.2) is 13.2 Å². The Labute approximate surface area is 234 Å². The van der Waals surface area contributed by atoms with E-state index in [0.717, 1.165) is 54.2 Å². The second-order valence-electron chi connectivity index (χ2n) is 9.33. The molecule has 0 unspecified atom stereocenters. The SMILES string of the molecule is CC#CCOc1ccc2ccc3ccccc3c2c1C#Cc1c(OCC#CC)ccc2ccc3ccccc3c12. The van der Waals surface area contributed by atoms with Crippen molar-refractivity contribution in [3.63, 3.8) is 0 Å². The molecule has 0 radical (unpaired) electrons. The van der Waals surface area contributed by atoms with Crippen molar-refractivity contribution in [1.82, 2.24) is 0 Å². The molecule has 0 spiro atoms. The van der Waals surface area contributed by atoms with E-state index in [1.54, 1.807) is 0 Å². The second-order valence-corrected chi connectivity index (χ2v) is 9.33. The Kier molecular flexibility index (Phi) is 6.97. The number of benzene rings is 6. The lowest BCUT2D eigenvalue weighted by Crippen LogP contribution is -1.99. The molecule has 0 bridgehead atoms. The Balaban J connectivity index is 1.66. The summed E-state index contributed by atoms with van der Waals surface area (Å²) in [5.74, 6) is 20.4. The van der Waals surface area contributed by atoms with Crippen molar-refractivity contribution in [2.75, 3.05) is 13.2 Å². The van der Waals surface area contributed by atoms with E-state index in [1.807, 2.05) is 26.0 Å². The Morgan fingerprint density at radius 2 is 0.875 bits per heavy atom. The van der Waals surface area contributed by atoms with Gasteiger partial charge in [0.1, 0.15) is 24.7 Å². The zero-order valence-corrected chi connectivity index (χ0v) is 22.5. The van der Waals surface area contributed by atoms with Gasteiger partial charge in [-0.15, -0.1) is 11.8 Å². The summed E-state index contributed by atoms with van der Waals surface area (Å²) >= 11 is 0. The Morgan fingerprint density at radius 3 is 1.32 bits per heavy atom. The van der Waals surface area contributed by atoms with Crippen molar-refractivity contribution in [3.8, 4) is 47.0 Å². The van der Waals surface area contributed by atoms with E-state index < -0.39 is 0 Å². The topological polar surface area (TPSA) is 18.5 Å². The predicted molar refractivity (Wildman–Crippen MR) is 167 cm³/mol. The molecule has 0 saturated carbocycles. The van der Waals surface area contributed by atoms with Gasteiger partial charge in [0.25, 0.3) is 0 Å². The first-order valence-electron chi connectivity index (χ1n) is 13.2.